The van der Waals surface area contributed by atoms with Gasteiger partial charge < -0.3 is 15.0 Å². The standard InChI is InChI=1S/C30H28ClN3O3/c31-26-15-13-24(14-16-26)21-34(29(35)22-37-27-11-5-2-6-12-27)28(18-23-8-3-1-4-9-23)30(36)33-20-25-10-7-17-32-19-25/h1-17,19,28H,18,20-22H2,(H,33,36). The lowest BCUT2D eigenvalue weighted by Gasteiger charge is -2.31. The number of halogens is 1. The summed E-state index contributed by atoms with van der Waals surface area (Å²) in [6.07, 6.45) is 3.74. The first-order valence-corrected chi connectivity index (χ1v) is 12.4. The topological polar surface area (TPSA) is 71.5 Å². The second kappa shape index (κ2) is 13.2. The molecule has 0 spiro atoms. The Hall–Kier alpha value is -4.16. The zero-order chi connectivity index (χ0) is 25.9. The number of carbonyl (C=O) groups is 2. The molecule has 0 aliphatic rings. The van der Waals surface area contributed by atoms with Crippen LogP contribution in [-0.4, -0.2) is 34.3 Å². The fourth-order valence-electron chi connectivity index (χ4n) is 3.89. The molecular weight excluding hydrogens is 486 g/mol. The number of rotatable bonds is 11. The molecule has 7 heteroatoms. The van der Waals surface area contributed by atoms with Crippen molar-refractivity contribution in [3.63, 3.8) is 0 Å². The van der Waals surface area contributed by atoms with E-state index in [1.165, 1.54) is 0 Å². The van der Waals surface area contributed by atoms with E-state index in [9.17, 15) is 9.59 Å². The summed E-state index contributed by atoms with van der Waals surface area (Å²) in [6, 6.07) is 29.0. The predicted octanol–water partition coefficient (Wildman–Crippen LogP) is 5.07. The molecule has 0 aliphatic carbocycles. The summed E-state index contributed by atoms with van der Waals surface area (Å²) in [7, 11) is 0. The molecule has 188 valence electrons. The Bertz CT molecular complexity index is 1270. The molecule has 0 bridgehead atoms. The third kappa shape index (κ3) is 7.92. The second-order valence-corrected chi connectivity index (χ2v) is 8.97. The van der Waals surface area contributed by atoms with Crippen molar-refractivity contribution in [2.24, 2.45) is 0 Å². The van der Waals surface area contributed by atoms with Crippen molar-refractivity contribution in [3.05, 3.63) is 131 Å². The van der Waals surface area contributed by atoms with Crippen LogP contribution in [0.2, 0.25) is 5.02 Å². The van der Waals surface area contributed by atoms with Crippen molar-refractivity contribution in [1.82, 2.24) is 15.2 Å². The summed E-state index contributed by atoms with van der Waals surface area (Å²) in [5.41, 5.74) is 2.68. The van der Waals surface area contributed by atoms with Crippen LogP contribution in [0.4, 0.5) is 0 Å². The van der Waals surface area contributed by atoms with Crippen molar-refractivity contribution >= 4 is 23.4 Å². The number of nitrogens with zero attached hydrogens (tertiary/aromatic N) is 2. The number of pyridine rings is 1. The quantitative estimate of drug-likeness (QED) is 0.304. The molecule has 3 aromatic carbocycles. The number of hydrogen-bond donors (Lipinski definition) is 1. The highest BCUT2D eigenvalue weighted by atomic mass is 35.5. The summed E-state index contributed by atoms with van der Waals surface area (Å²) < 4.78 is 5.76. The van der Waals surface area contributed by atoms with E-state index in [0.29, 0.717) is 23.7 Å². The number of nitrogens with one attached hydrogen (secondary N) is 1. The van der Waals surface area contributed by atoms with Gasteiger partial charge in [0.2, 0.25) is 5.91 Å². The number of para-hydroxylation sites is 1. The van der Waals surface area contributed by atoms with Crippen molar-refractivity contribution < 1.29 is 14.3 Å². The first-order valence-electron chi connectivity index (χ1n) is 12.0. The fourth-order valence-corrected chi connectivity index (χ4v) is 4.02. The molecule has 6 nitrogen and oxygen atoms in total. The van der Waals surface area contributed by atoms with E-state index in [0.717, 1.165) is 16.7 Å². The van der Waals surface area contributed by atoms with Crippen LogP contribution in [0, 0.1) is 0 Å². The van der Waals surface area contributed by atoms with Gasteiger partial charge in [0.25, 0.3) is 5.91 Å². The Morgan fingerprint density at radius 3 is 2.19 bits per heavy atom. The van der Waals surface area contributed by atoms with Crippen molar-refractivity contribution in [2.45, 2.75) is 25.6 Å². The lowest BCUT2D eigenvalue weighted by atomic mass is 10.0. The number of amides is 2. The maximum Gasteiger partial charge on any atom is 0.261 e. The number of aromatic nitrogens is 1. The van der Waals surface area contributed by atoms with Crippen molar-refractivity contribution in [3.8, 4) is 5.75 Å². The van der Waals surface area contributed by atoms with Gasteiger partial charge in [0.1, 0.15) is 11.8 Å². The first-order chi connectivity index (χ1) is 18.1. The maximum atomic E-state index is 13.6. The van der Waals surface area contributed by atoms with Gasteiger partial charge in [-0.15, -0.1) is 0 Å². The lowest BCUT2D eigenvalue weighted by molar-refractivity contribution is -0.142. The highest BCUT2D eigenvalue weighted by Gasteiger charge is 2.30. The molecule has 0 fully saturated rings. The van der Waals surface area contributed by atoms with Crippen LogP contribution in [0.1, 0.15) is 16.7 Å². The highest BCUT2D eigenvalue weighted by molar-refractivity contribution is 6.30. The van der Waals surface area contributed by atoms with E-state index < -0.39 is 6.04 Å². The Kier molecular flexibility index (Phi) is 9.27. The summed E-state index contributed by atoms with van der Waals surface area (Å²) in [6.45, 7) is 0.339. The van der Waals surface area contributed by atoms with Gasteiger partial charge in [-0.1, -0.05) is 78.3 Å². The molecule has 1 unspecified atom stereocenters. The summed E-state index contributed by atoms with van der Waals surface area (Å²) in [4.78, 5) is 32.9. The van der Waals surface area contributed by atoms with Crippen LogP contribution >= 0.6 is 11.6 Å². The van der Waals surface area contributed by atoms with Gasteiger partial charge in [0, 0.05) is 36.9 Å². The van der Waals surface area contributed by atoms with E-state index in [2.05, 4.69) is 10.3 Å². The maximum absolute atomic E-state index is 13.6. The van der Waals surface area contributed by atoms with Gasteiger partial charge in [-0.3, -0.25) is 14.6 Å². The van der Waals surface area contributed by atoms with E-state index in [1.54, 1.807) is 41.6 Å². The van der Waals surface area contributed by atoms with Gasteiger partial charge in [0.05, 0.1) is 0 Å². The molecule has 4 rings (SSSR count). The normalized spacial score (nSPS) is 11.4. The smallest absolute Gasteiger partial charge is 0.261 e. The monoisotopic (exact) mass is 513 g/mol. The number of benzene rings is 3. The molecule has 1 N–H and O–H groups in total. The van der Waals surface area contributed by atoms with E-state index in [-0.39, 0.29) is 25.0 Å². The SMILES string of the molecule is O=C(NCc1cccnc1)C(Cc1ccccc1)N(Cc1ccc(Cl)cc1)C(=O)COc1ccccc1. The highest BCUT2D eigenvalue weighted by Crippen LogP contribution is 2.18. The van der Waals surface area contributed by atoms with Crippen LogP contribution in [-0.2, 0) is 29.1 Å². The molecule has 0 aliphatic heterocycles. The first kappa shape index (κ1) is 25.9. The fraction of sp³-hybridized carbons (Fsp3) is 0.167. The molecule has 1 atom stereocenters. The van der Waals surface area contributed by atoms with Crippen LogP contribution < -0.4 is 10.1 Å². The van der Waals surface area contributed by atoms with Crippen LogP contribution in [0.15, 0.2) is 109 Å². The zero-order valence-electron chi connectivity index (χ0n) is 20.3. The number of carbonyl (C=O) groups excluding carboxylic acids is 2. The van der Waals surface area contributed by atoms with Gasteiger partial charge >= 0.3 is 0 Å². The molecule has 0 radical (unpaired) electrons. The zero-order valence-corrected chi connectivity index (χ0v) is 21.1. The summed E-state index contributed by atoms with van der Waals surface area (Å²) in [5.74, 6) is 0.0360. The Morgan fingerprint density at radius 2 is 1.51 bits per heavy atom. The minimum absolute atomic E-state index is 0.196. The largest absolute Gasteiger partial charge is 0.484 e. The second-order valence-electron chi connectivity index (χ2n) is 8.53. The van der Waals surface area contributed by atoms with E-state index >= 15 is 0 Å². The van der Waals surface area contributed by atoms with Crippen LogP contribution in [0.3, 0.4) is 0 Å². The Labute approximate surface area is 221 Å². The van der Waals surface area contributed by atoms with Gasteiger partial charge in [-0.25, -0.2) is 0 Å². The van der Waals surface area contributed by atoms with Crippen LogP contribution in [0.25, 0.3) is 0 Å². The molecule has 0 saturated carbocycles. The number of hydrogen-bond acceptors (Lipinski definition) is 4. The number of ether oxygens (including phenoxy) is 1. The van der Waals surface area contributed by atoms with Gasteiger partial charge in [-0.2, -0.15) is 0 Å². The Morgan fingerprint density at radius 1 is 0.838 bits per heavy atom. The molecule has 2 amide bonds. The molecule has 1 aromatic heterocycles. The van der Waals surface area contributed by atoms with Crippen LogP contribution in [0.5, 0.6) is 5.75 Å². The minimum atomic E-state index is -0.762. The Balaban J connectivity index is 1.60. The third-order valence-electron chi connectivity index (χ3n) is 5.83. The molecular formula is C30H28ClN3O3. The summed E-state index contributed by atoms with van der Waals surface area (Å²) in [5, 5.41) is 3.59. The predicted molar refractivity (Wildman–Crippen MR) is 144 cm³/mol. The van der Waals surface area contributed by atoms with E-state index in [4.69, 9.17) is 16.3 Å². The molecule has 1 heterocycles. The van der Waals surface area contributed by atoms with E-state index in [1.807, 2.05) is 72.8 Å². The molecule has 37 heavy (non-hydrogen) atoms. The molecule has 4 aromatic rings. The lowest BCUT2D eigenvalue weighted by Crippen LogP contribution is -2.51. The third-order valence-corrected chi connectivity index (χ3v) is 6.08. The van der Waals surface area contributed by atoms with Crippen molar-refractivity contribution in [1.29, 1.82) is 0 Å². The minimum Gasteiger partial charge on any atom is -0.484 e. The van der Waals surface area contributed by atoms with Gasteiger partial charge in [0.15, 0.2) is 6.61 Å². The van der Waals surface area contributed by atoms with Gasteiger partial charge in [-0.05, 0) is 47.0 Å². The average molecular weight is 514 g/mol. The average Bonchev–Trinajstić information content (AvgIpc) is 2.95. The molecule has 0 saturated heterocycles. The van der Waals surface area contributed by atoms with Crippen molar-refractivity contribution in [2.75, 3.05) is 6.61 Å². The summed E-state index contributed by atoms with van der Waals surface area (Å²) >= 11 is 6.08.